The fraction of sp³-hybridized carbons (Fsp3) is 0.188. The molecule has 0 N–H and O–H groups in total. The van der Waals surface area contributed by atoms with E-state index in [9.17, 15) is 0 Å². The highest BCUT2D eigenvalue weighted by Crippen LogP contribution is 2.09. The average Bonchev–Trinajstić information content (AvgIpc) is 2.38. The Kier molecular flexibility index (Phi) is 4.11. The lowest BCUT2D eigenvalue weighted by molar-refractivity contribution is 0.302. The van der Waals surface area contributed by atoms with Crippen LogP contribution >= 0.6 is 12.2 Å². The second-order valence-corrected chi connectivity index (χ2v) is 4.80. The number of hydrogen-bond donors (Lipinski definition) is 0. The molecule has 0 fully saturated rings. The lowest BCUT2D eigenvalue weighted by atomic mass is 10.1. The number of benzene rings is 2. The Morgan fingerprint density at radius 1 is 0.889 bits per heavy atom. The largest absolute Gasteiger partial charge is 0.478 e. The van der Waals surface area contributed by atoms with Gasteiger partial charge in [0, 0.05) is 5.56 Å². The zero-order valence-electron chi connectivity index (χ0n) is 10.6. The summed E-state index contributed by atoms with van der Waals surface area (Å²) < 4.78 is 5.63. The molecule has 1 nitrogen and oxygen atoms in total. The molecule has 0 saturated heterocycles. The molecule has 0 amide bonds. The molecule has 0 radical (unpaired) electrons. The highest BCUT2D eigenvalue weighted by atomic mass is 32.1. The summed E-state index contributed by atoms with van der Waals surface area (Å²) in [5.74, 6) is 0. The van der Waals surface area contributed by atoms with Crippen molar-refractivity contribution in [3.63, 3.8) is 0 Å². The molecule has 0 bridgehead atoms. The van der Waals surface area contributed by atoms with Gasteiger partial charge in [-0.05, 0) is 31.6 Å². The molecule has 0 heterocycles. The predicted molar refractivity (Wildman–Crippen MR) is 78.8 cm³/mol. The summed E-state index contributed by atoms with van der Waals surface area (Å²) in [5.41, 5.74) is 4.57. The van der Waals surface area contributed by atoms with Crippen LogP contribution in [-0.2, 0) is 11.3 Å². The minimum Gasteiger partial charge on any atom is -0.478 e. The maximum atomic E-state index is 5.63. The monoisotopic (exact) mass is 256 g/mol. The smallest absolute Gasteiger partial charge is 0.191 e. The Balaban J connectivity index is 1.96. The summed E-state index contributed by atoms with van der Waals surface area (Å²) in [6.45, 7) is 4.65. The SMILES string of the molecule is Cc1ccc(COC(=S)c2ccc(C)cc2)cc1. The van der Waals surface area contributed by atoms with Crippen molar-refractivity contribution in [2.45, 2.75) is 20.5 Å². The molecule has 0 spiro atoms. The van der Waals surface area contributed by atoms with E-state index in [2.05, 4.69) is 38.1 Å². The molecule has 0 unspecified atom stereocenters. The van der Waals surface area contributed by atoms with Crippen LogP contribution in [0.4, 0.5) is 0 Å². The first-order valence-corrected chi connectivity index (χ1v) is 6.35. The van der Waals surface area contributed by atoms with Gasteiger partial charge in [-0.2, -0.15) is 0 Å². The number of ether oxygens (including phenoxy) is 1. The molecule has 0 atom stereocenters. The molecule has 2 aromatic carbocycles. The number of rotatable bonds is 3. The van der Waals surface area contributed by atoms with Gasteiger partial charge in [0.25, 0.3) is 0 Å². The van der Waals surface area contributed by atoms with E-state index in [4.69, 9.17) is 17.0 Å². The molecule has 0 aliphatic rings. The van der Waals surface area contributed by atoms with Crippen LogP contribution in [-0.4, -0.2) is 5.05 Å². The summed E-state index contributed by atoms with van der Waals surface area (Å²) in [6.07, 6.45) is 0. The lowest BCUT2D eigenvalue weighted by Gasteiger charge is -2.08. The van der Waals surface area contributed by atoms with Crippen molar-refractivity contribution in [3.8, 4) is 0 Å². The molecular weight excluding hydrogens is 240 g/mol. The van der Waals surface area contributed by atoms with E-state index in [1.54, 1.807) is 0 Å². The zero-order chi connectivity index (χ0) is 13.0. The Labute approximate surface area is 113 Å². The zero-order valence-corrected chi connectivity index (χ0v) is 11.5. The molecule has 92 valence electrons. The van der Waals surface area contributed by atoms with E-state index >= 15 is 0 Å². The van der Waals surface area contributed by atoms with Crippen LogP contribution in [0.5, 0.6) is 0 Å². The van der Waals surface area contributed by atoms with Gasteiger partial charge in [0.1, 0.15) is 6.61 Å². The molecule has 0 aliphatic heterocycles. The van der Waals surface area contributed by atoms with Crippen molar-refractivity contribution in [1.82, 2.24) is 0 Å². The van der Waals surface area contributed by atoms with E-state index in [-0.39, 0.29) is 0 Å². The van der Waals surface area contributed by atoms with Crippen molar-refractivity contribution >= 4 is 17.3 Å². The van der Waals surface area contributed by atoms with E-state index in [1.165, 1.54) is 11.1 Å². The normalized spacial score (nSPS) is 10.1. The lowest BCUT2D eigenvalue weighted by Crippen LogP contribution is -2.03. The van der Waals surface area contributed by atoms with Crippen molar-refractivity contribution < 1.29 is 4.74 Å². The highest BCUT2D eigenvalue weighted by molar-refractivity contribution is 7.80. The third-order valence-electron chi connectivity index (χ3n) is 2.78. The molecule has 0 saturated carbocycles. The molecule has 2 rings (SSSR count). The first-order chi connectivity index (χ1) is 8.65. The first-order valence-electron chi connectivity index (χ1n) is 5.94. The molecule has 18 heavy (non-hydrogen) atoms. The van der Waals surface area contributed by atoms with Gasteiger partial charge in [-0.3, -0.25) is 0 Å². The fourth-order valence-electron chi connectivity index (χ4n) is 1.61. The van der Waals surface area contributed by atoms with E-state index in [0.29, 0.717) is 11.7 Å². The predicted octanol–water partition coefficient (Wildman–Crippen LogP) is 4.20. The van der Waals surface area contributed by atoms with Gasteiger partial charge in [0.05, 0.1) is 0 Å². The minimum atomic E-state index is 0.521. The van der Waals surface area contributed by atoms with Crippen LogP contribution in [0.1, 0.15) is 22.3 Å². The van der Waals surface area contributed by atoms with E-state index in [1.807, 2.05) is 24.3 Å². The topological polar surface area (TPSA) is 9.23 Å². The van der Waals surface area contributed by atoms with Crippen LogP contribution in [0, 0.1) is 13.8 Å². The summed E-state index contributed by atoms with van der Waals surface area (Å²) in [5, 5.41) is 0.551. The Morgan fingerprint density at radius 2 is 1.39 bits per heavy atom. The Morgan fingerprint density at radius 3 is 1.94 bits per heavy atom. The maximum Gasteiger partial charge on any atom is 0.191 e. The van der Waals surface area contributed by atoms with E-state index < -0.39 is 0 Å². The van der Waals surface area contributed by atoms with Crippen molar-refractivity contribution in [1.29, 1.82) is 0 Å². The quantitative estimate of drug-likeness (QED) is 0.761. The van der Waals surface area contributed by atoms with Crippen molar-refractivity contribution in [2.75, 3.05) is 0 Å². The second kappa shape index (κ2) is 5.78. The summed E-state index contributed by atoms with van der Waals surface area (Å²) >= 11 is 5.27. The van der Waals surface area contributed by atoms with Gasteiger partial charge in [0.2, 0.25) is 0 Å². The number of hydrogen-bond acceptors (Lipinski definition) is 2. The molecule has 2 aromatic rings. The molecule has 0 aliphatic carbocycles. The average molecular weight is 256 g/mol. The summed E-state index contributed by atoms with van der Waals surface area (Å²) in [6, 6.07) is 16.3. The summed E-state index contributed by atoms with van der Waals surface area (Å²) in [7, 11) is 0. The van der Waals surface area contributed by atoms with Gasteiger partial charge in [-0.25, -0.2) is 0 Å². The van der Waals surface area contributed by atoms with Crippen LogP contribution in [0.2, 0.25) is 0 Å². The first kappa shape index (κ1) is 12.8. The maximum absolute atomic E-state index is 5.63. The second-order valence-electron chi connectivity index (χ2n) is 4.43. The number of aryl methyl sites for hydroxylation is 2. The number of thiocarbonyl (C=S) groups is 1. The Hall–Kier alpha value is -1.67. The van der Waals surface area contributed by atoms with Crippen molar-refractivity contribution in [3.05, 3.63) is 70.8 Å². The molecule has 0 aromatic heterocycles. The standard InChI is InChI=1S/C16H16OS/c1-12-3-7-14(8-4-12)11-17-16(18)15-9-5-13(2)6-10-15/h3-10H,11H2,1-2H3. The van der Waals surface area contributed by atoms with Crippen LogP contribution in [0.3, 0.4) is 0 Å². The third-order valence-corrected chi connectivity index (χ3v) is 3.13. The highest BCUT2D eigenvalue weighted by Gasteiger charge is 2.02. The third kappa shape index (κ3) is 3.41. The minimum absolute atomic E-state index is 0.521. The van der Waals surface area contributed by atoms with Gasteiger partial charge in [-0.1, -0.05) is 59.7 Å². The molecular formula is C16H16OS. The van der Waals surface area contributed by atoms with Gasteiger partial charge >= 0.3 is 0 Å². The molecule has 2 heteroatoms. The van der Waals surface area contributed by atoms with Gasteiger partial charge in [0.15, 0.2) is 5.05 Å². The van der Waals surface area contributed by atoms with Crippen molar-refractivity contribution in [2.24, 2.45) is 0 Å². The van der Waals surface area contributed by atoms with Gasteiger partial charge in [-0.15, -0.1) is 0 Å². The van der Waals surface area contributed by atoms with Crippen LogP contribution < -0.4 is 0 Å². The summed E-state index contributed by atoms with van der Waals surface area (Å²) in [4.78, 5) is 0. The Bertz CT molecular complexity index is 526. The van der Waals surface area contributed by atoms with Gasteiger partial charge < -0.3 is 4.74 Å². The van der Waals surface area contributed by atoms with Crippen LogP contribution in [0.15, 0.2) is 48.5 Å². The fourth-order valence-corrected chi connectivity index (χ4v) is 1.80. The van der Waals surface area contributed by atoms with Crippen LogP contribution in [0.25, 0.3) is 0 Å². The van der Waals surface area contributed by atoms with E-state index in [0.717, 1.165) is 11.1 Å².